The summed E-state index contributed by atoms with van der Waals surface area (Å²) in [5, 5.41) is 15.7. The van der Waals surface area contributed by atoms with Gasteiger partial charge in [-0.05, 0) is 41.8 Å². The first-order valence-corrected chi connectivity index (χ1v) is 7.62. The second kappa shape index (κ2) is 5.71. The van der Waals surface area contributed by atoms with Crippen molar-refractivity contribution >= 4 is 17.4 Å². The third kappa shape index (κ3) is 3.13. The fraction of sp³-hybridized carbons (Fsp3) is 0.538. The topological polar surface area (TPSA) is 54.2 Å². The van der Waals surface area contributed by atoms with E-state index in [4.69, 9.17) is 4.42 Å². The highest BCUT2D eigenvalue weighted by atomic mass is 32.1. The summed E-state index contributed by atoms with van der Waals surface area (Å²) in [5.41, 5.74) is 1.31. The van der Waals surface area contributed by atoms with E-state index < -0.39 is 0 Å². The van der Waals surface area contributed by atoms with E-state index in [1.54, 1.807) is 11.3 Å². The quantitative estimate of drug-likeness (QED) is 0.843. The lowest BCUT2D eigenvalue weighted by Gasteiger charge is -2.18. The van der Waals surface area contributed by atoms with Crippen molar-refractivity contribution in [3.8, 4) is 0 Å². The first kappa shape index (κ1) is 12.6. The summed E-state index contributed by atoms with van der Waals surface area (Å²) < 4.78 is 5.74. The van der Waals surface area contributed by atoms with Crippen LogP contribution in [0.2, 0.25) is 0 Å². The number of nitrogens with one attached hydrogen (secondary N) is 1. The first-order valence-electron chi connectivity index (χ1n) is 6.67. The molecular weight excluding hydrogens is 260 g/mol. The van der Waals surface area contributed by atoms with Crippen LogP contribution in [-0.2, 0) is 13.1 Å². The van der Waals surface area contributed by atoms with Crippen molar-refractivity contribution in [2.75, 3.05) is 11.4 Å². The number of hydrogen-bond donors (Lipinski definition) is 1. The molecule has 2 aromatic rings. The Bertz CT molecular complexity index is 506. The Balaban J connectivity index is 1.70. The zero-order valence-corrected chi connectivity index (χ0v) is 11.8. The van der Waals surface area contributed by atoms with Crippen molar-refractivity contribution in [2.45, 2.75) is 38.9 Å². The van der Waals surface area contributed by atoms with Crippen LogP contribution in [0.3, 0.4) is 0 Å². The Kier molecular flexibility index (Phi) is 3.79. The minimum absolute atomic E-state index is 0.562. The average molecular weight is 278 g/mol. The van der Waals surface area contributed by atoms with Gasteiger partial charge in [0.15, 0.2) is 0 Å². The van der Waals surface area contributed by atoms with Gasteiger partial charge in [0, 0.05) is 12.6 Å². The molecule has 0 saturated heterocycles. The van der Waals surface area contributed by atoms with Gasteiger partial charge < -0.3 is 14.6 Å². The molecule has 1 aliphatic carbocycles. The normalized spacial score (nSPS) is 14.8. The van der Waals surface area contributed by atoms with Crippen molar-refractivity contribution < 1.29 is 4.42 Å². The fourth-order valence-electron chi connectivity index (χ4n) is 1.98. The van der Waals surface area contributed by atoms with Crippen LogP contribution in [-0.4, -0.2) is 22.8 Å². The minimum Gasteiger partial charge on any atom is -0.407 e. The summed E-state index contributed by atoms with van der Waals surface area (Å²) in [7, 11) is 0. The Labute approximate surface area is 116 Å². The Morgan fingerprint density at radius 3 is 3.05 bits per heavy atom. The molecule has 1 saturated carbocycles. The summed E-state index contributed by atoms with van der Waals surface area (Å²) in [6.45, 7) is 4.46. The molecule has 0 bridgehead atoms. The van der Waals surface area contributed by atoms with Crippen LogP contribution in [0.1, 0.15) is 31.2 Å². The van der Waals surface area contributed by atoms with Gasteiger partial charge in [-0.25, -0.2) is 0 Å². The Hall–Kier alpha value is -1.40. The maximum Gasteiger partial charge on any atom is 0.318 e. The van der Waals surface area contributed by atoms with Gasteiger partial charge in [-0.15, -0.1) is 5.10 Å². The lowest BCUT2D eigenvalue weighted by atomic mass is 10.3. The van der Waals surface area contributed by atoms with Crippen molar-refractivity contribution in [3.05, 3.63) is 28.3 Å². The molecule has 19 heavy (non-hydrogen) atoms. The highest BCUT2D eigenvalue weighted by molar-refractivity contribution is 7.07. The van der Waals surface area contributed by atoms with E-state index in [2.05, 4.69) is 44.2 Å². The molecule has 2 aromatic heterocycles. The van der Waals surface area contributed by atoms with Gasteiger partial charge in [-0.3, -0.25) is 0 Å². The molecular formula is C13H18N4OS. The van der Waals surface area contributed by atoms with Gasteiger partial charge in [0.1, 0.15) is 0 Å². The van der Waals surface area contributed by atoms with Crippen LogP contribution in [0.5, 0.6) is 0 Å². The second-order valence-electron chi connectivity index (χ2n) is 4.75. The zero-order chi connectivity index (χ0) is 13.1. The van der Waals surface area contributed by atoms with Crippen LogP contribution in [0.25, 0.3) is 0 Å². The van der Waals surface area contributed by atoms with Crippen LogP contribution in [0, 0.1) is 0 Å². The van der Waals surface area contributed by atoms with Crippen molar-refractivity contribution in [1.82, 2.24) is 15.5 Å². The van der Waals surface area contributed by atoms with Gasteiger partial charge in [0.05, 0.1) is 6.54 Å². The number of aromatic nitrogens is 2. The van der Waals surface area contributed by atoms with E-state index >= 15 is 0 Å². The molecule has 0 amide bonds. The van der Waals surface area contributed by atoms with Gasteiger partial charge in [0.2, 0.25) is 5.89 Å². The van der Waals surface area contributed by atoms with Gasteiger partial charge in [-0.1, -0.05) is 12.0 Å². The van der Waals surface area contributed by atoms with E-state index in [1.807, 2.05) is 0 Å². The van der Waals surface area contributed by atoms with E-state index in [0.29, 0.717) is 24.5 Å². The summed E-state index contributed by atoms with van der Waals surface area (Å²) >= 11 is 1.72. The van der Waals surface area contributed by atoms with Gasteiger partial charge in [0.25, 0.3) is 0 Å². The molecule has 2 heterocycles. The Morgan fingerprint density at radius 1 is 1.47 bits per heavy atom. The second-order valence-corrected chi connectivity index (χ2v) is 5.53. The van der Waals surface area contributed by atoms with Crippen molar-refractivity contribution in [1.29, 1.82) is 0 Å². The highest BCUT2D eigenvalue weighted by Crippen LogP contribution is 2.32. The standard InChI is InChI=1S/C13H18N4OS/c1-2-14-7-12-15-16-13(18-12)17(11-3-4-11)8-10-5-6-19-9-10/h5-6,9,11,14H,2-4,7-8H2,1H3. The maximum absolute atomic E-state index is 5.74. The summed E-state index contributed by atoms with van der Waals surface area (Å²) in [6, 6.07) is 3.37. The molecule has 1 N–H and O–H groups in total. The predicted octanol–water partition coefficient (Wildman–Crippen LogP) is 2.41. The molecule has 5 nitrogen and oxygen atoms in total. The SMILES string of the molecule is CCNCc1nnc(N(Cc2ccsc2)C2CC2)o1. The van der Waals surface area contributed by atoms with Gasteiger partial charge >= 0.3 is 6.01 Å². The molecule has 0 radical (unpaired) electrons. The largest absolute Gasteiger partial charge is 0.407 e. The monoisotopic (exact) mass is 278 g/mol. The fourth-order valence-corrected chi connectivity index (χ4v) is 2.64. The third-order valence-electron chi connectivity index (χ3n) is 3.15. The Morgan fingerprint density at radius 2 is 2.37 bits per heavy atom. The molecule has 1 fully saturated rings. The molecule has 3 rings (SSSR count). The van der Waals surface area contributed by atoms with Crippen LogP contribution in [0.4, 0.5) is 6.01 Å². The van der Waals surface area contributed by atoms with E-state index in [9.17, 15) is 0 Å². The molecule has 102 valence electrons. The molecule has 0 atom stereocenters. The lowest BCUT2D eigenvalue weighted by molar-refractivity contribution is 0.462. The lowest BCUT2D eigenvalue weighted by Crippen LogP contribution is -2.25. The highest BCUT2D eigenvalue weighted by Gasteiger charge is 2.32. The van der Waals surface area contributed by atoms with Crippen molar-refractivity contribution in [2.24, 2.45) is 0 Å². The molecule has 0 unspecified atom stereocenters. The summed E-state index contributed by atoms with van der Waals surface area (Å²) in [4.78, 5) is 2.23. The number of thiophene rings is 1. The predicted molar refractivity (Wildman–Crippen MR) is 75.2 cm³/mol. The molecule has 6 heteroatoms. The maximum atomic E-state index is 5.74. The third-order valence-corrected chi connectivity index (χ3v) is 3.88. The molecule has 0 aromatic carbocycles. The van der Waals surface area contributed by atoms with Crippen LogP contribution in [0.15, 0.2) is 21.2 Å². The number of nitrogens with zero attached hydrogens (tertiary/aromatic N) is 3. The van der Waals surface area contributed by atoms with E-state index in [-0.39, 0.29) is 0 Å². The van der Waals surface area contributed by atoms with E-state index in [0.717, 1.165) is 13.1 Å². The van der Waals surface area contributed by atoms with Crippen molar-refractivity contribution in [3.63, 3.8) is 0 Å². The zero-order valence-electron chi connectivity index (χ0n) is 11.0. The number of anilines is 1. The minimum atomic E-state index is 0.562. The number of hydrogen-bond acceptors (Lipinski definition) is 6. The van der Waals surface area contributed by atoms with E-state index in [1.165, 1.54) is 18.4 Å². The molecule has 1 aliphatic rings. The van der Waals surface area contributed by atoms with Gasteiger partial charge in [-0.2, -0.15) is 11.3 Å². The first-order chi connectivity index (χ1) is 9.36. The molecule has 0 spiro atoms. The molecule has 0 aliphatic heterocycles. The number of rotatable bonds is 7. The van der Waals surface area contributed by atoms with Crippen LogP contribution >= 0.6 is 11.3 Å². The summed E-state index contributed by atoms with van der Waals surface area (Å²) in [6.07, 6.45) is 2.43. The summed E-state index contributed by atoms with van der Waals surface area (Å²) in [5.74, 6) is 0.660. The average Bonchev–Trinajstić information content (AvgIpc) is 2.94. The van der Waals surface area contributed by atoms with Crippen LogP contribution < -0.4 is 10.2 Å². The smallest absolute Gasteiger partial charge is 0.318 e.